The Balaban J connectivity index is 1.53. The van der Waals surface area contributed by atoms with Gasteiger partial charge < -0.3 is 9.80 Å². The van der Waals surface area contributed by atoms with E-state index in [1.54, 1.807) is 19.0 Å². The molecule has 1 saturated carbocycles. The number of carbonyl (C=O) groups excluding carboxylic acids is 2. The van der Waals surface area contributed by atoms with Crippen molar-refractivity contribution in [2.45, 2.75) is 12.8 Å². The summed E-state index contributed by atoms with van der Waals surface area (Å²) in [4.78, 5) is 29.9. The van der Waals surface area contributed by atoms with Crippen LogP contribution in [0.2, 0.25) is 0 Å². The molecule has 5 nitrogen and oxygen atoms in total. The van der Waals surface area contributed by atoms with Gasteiger partial charge in [-0.05, 0) is 18.8 Å². The number of amides is 2. The van der Waals surface area contributed by atoms with Gasteiger partial charge >= 0.3 is 0 Å². The summed E-state index contributed by atoms with van der Waals surface area (Å²) in [5.74, 6) is 1.82. The molecule has 2 atom stereocenters. The third-order valence-corrected chi connectivity index (χ3v) is 4.63. The quantitative estimate of drug-likeness (QED) is 0.711. The Morgan fingerprint density at radius 3 is 2.58 bits per heavy atom. The van der Waals surface area contributed by atoms with E-state index in [0.717, 1.165) is 32.1 Å². The van der Waals surface area contributed by atoms with E-state index in [-0.39, 0.29) is 11.8 Å². The average molecular weight is 265 g/mol. The van der Waals surface area contributed by atoms with Crippen LogP contribution < -0.4 is 0 Å². The van der Waals surface area contributed by atoms with Crippen LogP contribution >= 0.6 is 0 Å². The second-order valence-electron chi connectivity index (χ2n) is 6.54. The van der Waals surface area contributed by atoms with E-state index >= 15 is 0 Å². The van der Waals surface area contributed by atoms with Crippen molar-refractivity contribution < 1.29 is 9.59 Å². The van der Waals surface area contributed by atoms with Crippen molar-refractivity contribution in [3.63, 3.8) is 0 Å². The molecule has 2 amide bonds. The molecule has 106 valence electrons. The molecule has 5 heteroatoms. The van der Waals surface area contributed by atoms with Crippen molar-refractivity contribution in [1.29, 1.82) is 0 Å². The van der Waals surface area contributed by atoms with E-state index in [2.05, 4.69) is 9.80 Å². The lowest BCUT2D eigenvalue weighted by atomic mass is 10.0. The van der Waals surface area contributed by atoms with Gasteiger partial charge in [-0.2, -0.15) is 0 Å². The fraction of sp³-hybridized carbons (Fsp3) is 0.857. The molecule has 3 rings (SSSR count). The number of hydrogen-bond acceptors (Lipinski definition) is 3. The largest absolute Gasteiger partial charge is 0.348 e. The topological polar surface area (TPSA) is 43.9 Å². The van der Waals surface area contributed by atoms with Gasteiger partial charge in [-0.3, -0.25) is 14.5 Å². The van der Waals surface area contributed by atoms with Crippen LogP contribution in [0.15, 0.2) is 0 Å². The summed E-state index contributed by atoms with van der Waals surface area (Å²) in [7, 11) is 3.56. The first kappa shape index (κ1) is 12.9. The Morgan fingerprint density at radius 2 is 2.00 bits per heavy atom. The van der Waals surface area contributed by atoms with Crippen LogP contribution in [-0.4, -0.2) is 73.3 Å². The molecule has 0 aromatic heterocycles. The minimum Gasteiger partial charge on any atom is -0.348 e. The molecule has 1 aliphatic carbocycles. The number of rotatable bonds is 4. The SMILES string of the molecule is CN(C)C(=O)CN1C[C@@H]2CN(CC3CC3)C(=O)[C@@H]2C1. The highest BCUT2D eigenvalue weighted by atomic mass is 16.2. The molecule has 0 unspecified atom stereocenters. The Hall–Kier alpha value is -1.10. The fourth-order valence-electron chi connectivity index (χ4n) is 3.27. The first-order valence-corrected chi connectivity index (χ1v) is 7.26. The number of likely N-dealkylation sites (N-methyl/N-ethyl adjacent to an activating group) is 1. The lowest BCUT2D eigenvalue weighted by Crippen LogP contribution is -2.38. The third kappa shape index (κ3) is 2.61. The number of fused-ring (bicyclic) bond motifs is 1. The summed E-state index contributed by atoms with van der Waals surface area (Å²) in [5.41, 5.74) is 0. The summed E-state index contributed by atoms with van der Waals surface area (Å²) in [6, 6.07) is 0. The molecule has 0 spiro atoms. The normalized spacial score (nSPS) is 30.8. The van der Waals surface area contributed by atoms with E-state index in [0.29, 0.717) is 18.4 Å². The summed E-state index contributed by atoms with van der Waals surface area (Å²) >= 11 is 0. The van der Waals surface area contributed by atoms with E-state index in [1.807, 2.05) is 0 Å². The molecule has 0 aromatic rings. The van der Waals surface area contributed by atoms with Gasteiger partial charge in [0.15, 0.2) is 0 Å². The van der Waals surface area contributed by atoms with Crippen molar-refractivity contribution in [3.8, 4) is 0 Å². The first-order chi connectivity index (χ1) is 9.04. The maximum atomic E-state index is 12.3. The molecule has 3 fully saturated rings. The number of carbonyl (C=O) groups is 2. The fourth-order valence-corrected chi connectivity index (χ4v) is 3.27. The zero-order chi connectivity index (χ0) is 13.6. The minimum atomic E-state index is 0.127. The van der Waals surface area contributed by atoms with Crippen LogP contribution in [-0.2, 0) is 9.59 Å². The third-order valence-electron chi connectivity index (χ3n) is 4.63. The predicted octanol–water partition coefficient (Wildman–Crippen LogP) is -0.125. The molecular formula is C14H23N3O2. The van der Waals surface area contributed by atoms with E-state index < -0.39 is 0 Å². The predicted molar refractivity (Wildman–Crippen MR) is 71.4 cm³/mol. The molecule has 0 aromatic carbocycles. The van der Waals surface area contributed by atoms with Gasteiger partial charge in [0.2, 0.25) is 11.8 Å². The van der Waals surface area contributed by atoms with Crippen LogP contribution in [0.4, 0.5) is 0 Å². The van der Waals surface area contributed by atoms with Gasteiger partial charge in [0.1, 0.15) is 0 Å². The molecule has 2 aliphatic heterocycles. The molecule has 0 radical (unpaired) electrons. The number of hydrogen-bond donors (Lipinski definition) is 0. The standard InChI is InChI=1S/C14H23N3O2/c1-15(2)13(18)9-16-6-11-7-17(5-10-3-4-10)14(19)12(11)8-16/h10-12H,3-9H2,1-2H3/t11-,12-/m1/s1. The average Bonchev–Trinajstić information content (AvgIpc) is 3.01. The summed E-state index contributed by atoms with van der Waals surface area (Å²) in [5, 5.41) is 0. The van der Waals surface area contributed by atoms with Gasteiger partial charge in [0.05, 0.1) is 12.5 Å². The molecule has 19 heavy (non-hydrogen) atoms. The van der Waals surface area contributed by atoms with Crippen LogP contribution in [0, 0.1) is 17.8 Å². The Bertz CT molecular complexity index is 392. The minimum absolute atomic E-state index is 0.127. The van der Waals surface area contributed by atoms with Gasteiger partial charge in [-0.1, -0.05) is 0 Å². The van der Waals surface area contributed by atoms with Gasteiger partial charge in [-0.15, -0.1) is 0 Å². The first-order valence-electron chi connectivity index (χ1n) is 7.26. The maximum Gasteiger partial charge on any atom is 0.236 e. The highest BCUT2D eigenvalue weighted by molar-refractivity contribution is 5.82. The summed E-state index contributed by atoms with van der Waals surface area (Å²) in [6.07, 6.45) is 2.59. The van der Waals surface area contributed by atoms with Gasteiger partial charge in [0, 0.05) is 46.2 Å². The summed E-state index contributed by atoms with van der Waals surface area (Å²) in [6.45, 7) is 4.01. The van der Waals surface area contributed by atoms with Crippen LogP contribution in [0.25, 0.3) is 0 Å². The maximum absolute atomic E-state index is 12.3. The lowest BCUT2D eigenvalue weighted by molar-refractivity contribution is -0.133. The Morgan fingerprint density at radius 1 is 1.26 bits per heavy atom. The van der Waals surface area contributed by atoms with E-state index in [9.17, 15) is 9.59 Å². The number of likely N-dealkylation sites (tertiary alicyclic amines) is 2. The lowest BCUT2D eigenvalue weighted by Gasteiger charge is -2.22. The smallest absolute Gasteiger partial charge is 0.236 e. The van der Waals surface area contributed by atoms with E-state index in [4.69, 9.17) is 0 Å². The highest BCUT2D eigenvalue weighted by Gasteiger charge is 2.47. The van der Waals surface area contributed by atoms with Crippen molar-refractivity contribution in [1.82, 2.24) is 14.7 Å². The molecule has 3 aliphatic rings. The van der Waals surface area contributed by atoms with Crippen molar-refractivity contribution in [2.24, 2.45) is 17.8 Å². The van der Waals surface area contributed by atoms with E-state index in [1.165, 1.54) is 12.8 Å². The molecule has 0 N–H and O–H groups in total. The summed E-state index contributed by atoms with van der Waals surface area (Å²) < 4.78 is 0. The zero-order valence-corrected chi connectivity index (χ0v) is 11.8. The second-order valence-corrected chi connectivity index (χ2v) is 6.54. The van der Waals surface area contributed by atoms with Crippen LogP contribution in [0.3, 0.4) is 0 Å². The number of nitrogens with zero attached hydrogens (tertiary/aromatic N) is 3. The molecule has 0 bridgehead atoms. The molecule has 2 saturated heterocycles. The molecule has 2 heterocycles. The van der Waals surface area contributed by atoms with Gasteiger partial charge in [0.25, 0.3) is 0 Å². The Labute approximate surface area is 114 Å². The van der Waals surface area contributed by atoms with Crippen LogP contribution in [0.5, 0.6) is 0 Å². The Kier molecular flexibility index (Phi) is 3.25. The molecular weight excluding hydrogens is 242 g/mol. The highest BCUT2D eigenvalue weighted by Crippen LogP contribution is 2.36. The van der Waals surface area contributed by atoms with Gasteiger partial charge in [-0.25, -0.2) is 0 Å². The van der Waals surface area contributed by atoms with Crippen LogP contribution in [0.1, 0.15) is 12.8 Å². The second kappa shape index (κ2) is 4.78. The monoisotopic (exact) mass is 265 g/mol. The van der Waals surface area contributed by atoms with Crippen molar-refractivity contribution in [2.75, 3.05) is 46.8 Å². The van der Waals surface area contributed by atoms with Crippen molar-refractivity contribution in [3.05, 3.63) is 0 Å². The van der Waals surface area contributed by atoms with Crippen molar-refractivity contribution >= 4 is 11.8 Å². The zero-order valence-electron chi connectivity index (χ0n) is 11.8.